The van der Waals surface area contributed by atoms with Crippen LogP contribution < -0.4 is 10.2 Å². The second kappa shape index (κ2) is 4.95. The lowest BCUT2D eigenvalue weighted by atomic mass is 10.4. The largest absolute Gasteiger partial charge is 0.481 e. The van der Waals surface area contributed by atoms with E-state index in [4.69, 9.17) is 9.47 Å². The zero-order chi connectivity index (χ0) is 10.5. The molecule has 1 saturated heterocycles. The molecule has 2 heterocycles. The van der Waals surface area contributed by atoms with Gasteiger partial charge in [-0.25, -0.2) is 9.99 Å². The number of nitrogens with one attached hydrogen (secondary N) is 1. The monoisotopic (exact) mass is 209 g/mol. The van der Waals surface area contributed by atoms with E-state index in [1.807, 2.05) is 12.1 Å². The average Bonchev–Trinajstić information content (AvgIpc) is 2.31. The Labute approximate surface area is 89.0 Å². The molecule has 2 rings (SSSR count). The highest BCUT2D eigenvalue weighted by Crippen LogP contribution is 2.14. The van der Waals surface area contributed by atoms with Crippen molar-refractivity contribution in [2.75, 3.05) is 38.8 Å². The lowest BCUT2D eigenvalue weighted by Gasteiger charge is -2.27. The molecular weight excluding hydrogens is 194 g/mol. The first-order valence-electron chi connectivity index (χ1n) is 4.98. The van der Waals surface area contributed by atoms with Crippen LogP contribution >= 0.6 is 0 Å². The normalized spacial score (nSPS) is 17.4. The molecule has 1 aliphatic rings. The molecule has 1 fully saturated rings. The van der Waals surface area contributed by atoms with E-state index in [1.165, 1.54) is 0 Å². The average molecular weight is 209 g/mol. The summed E-state index contributed by atoms with van der Waals surface area (Å²) in [5, 5.41) is 2.12. The van der Waals surface area contributed by atoms with Gasteiger partial charge >= 0.3 is 0 Å². The molecule has 15 heavy (non-hydrogen) atoms. The first-order chi connectivity index (χ1) is 7.38. The summed E-state index contributed by atoms with van der Waals surface area (Å²) in [7, 11) is 1.61. The third-order valence-electron chi connectivity index (χ3n) is 2.24. The van der Waals surface area contributed by atoms with E-state index in [-0.39, 0.29) is 0 Å². The first kappa shape index (κ1) is 10.2. The van der Waals surface area contributed by atoms with Gasteiger partial charge in [0.25, 0.3) is 0 Å². The Balaban J connectivity index is 1.96. The maximum absolute atomic E-state index is 5.26. The minimum absolute atomic E-state index is 0.619. The van der Waals surface area contributed by atoms with Gasteiger partial charge in [-0.3, -0.25) is 0 Å². The summed E-state index contributed by atoms with van der Waals surface area (Å²) in [6.07, 6.45) is 1.72. The van der Waals surface area contributed by atoms with Crippen LogP contribution in [-0.2, 0) is 4.74 Å². The fourth-order valence-corrected chi connectivity index (χ4v) is 1.45. The van der Waals surface area contributed by atoms with Crippen molar-refractivity contribution in [2.24, 2.45) is 0 Å². The summed E-state index contributed by atoms with van der Waals surface area (Å²) in [6, 6.07) is 3.79. The number of pyridine rings is 1. The molecule has 82 valence electrons. The summed E-state index contributed by atoms with van der Waals surface area (Å²) in [4.78, 5) is 4.05. The number of hydrazine groups is 1. The molecule has 0 amide bonds. The number of hydrogen-bond acceptors (Lipinski definition) is 5. The molecule has 0 spiro atoms. The standard InChI is InChI=1S/C10H15N3O2/c1-14-10-8-9(2-3-11-10)12-13-4-6-15-7-5-13/h2-3,8H,4-7H2,1H3,(H,11,12). The molecule has 0 atom stereocenters. The summed E-state index contributed by atoms with van der Waals surface area (Å²) in [5.41, 5.74) is 4.28. The lowest BCUT2D eigenvalue weighted by molar-refractivity contribution is 0.0497. The third-order valence-corrected chi connectivity index (χ3v) is 2.24. The van der Waals surface area contributed by atoms with E-state index in [2.05, 4.69) is 15.4 Å². The predicted octanol–water partition coefficient (Wildman–Crippen LogP) is 0.749. The zero-order valence-electron chi connectivity index (χ0n) is 8.77. The van der Waals surface area contributed by atoms with E-state index < -0.39 is 0 Å². The van der Waals surface area contributed by atoms with Gasteiger partial charge in [0.15, 0.2) is 0 Å². The number of aromatic nitrogens is 1. The minimum Gasteiger partial charge on any atom is -0.481 e. The van der Waals surface area contributed by atoms with Gasteiger partial charge in [-0.2, -0.15) is 0 Å². The van der Waals surface area contributed by atoms with Gasteiger partial charge in [-0.1, -0.05) is 0 Å². The van der Waals surface area contributed by atoms with Gasteiger partial charge in [0, 0.05) is 25.4 Å². The molecule has 0 aliphatic carbocycles. The van der Waals surface area contributed by atoms with Crippen LogP contribution in [0.25, 0.3) is 0 Å². The number of rotatable bonds is 3. The number of methoxy groups -OCH3 is 1. The smallest absolute Gasteiger partial charge is 0.215 e. The molecule has 0 aromatic carbocycles. The van der Waals surface area contributed by atoms with Gasteiger partial charge in [0.1, 0.15) is 0 Å². The highest BCUT2D eigenvalue weighted by atomic mass is 16.5. The van der Waals surface area contributed by atoms with E-state index >= 15 is 0 Å². The summed E-state index contributed by atoms with van der Waals surface area (Å²) in [5.74, 6) is 0.619. The van der Waals surface area contributed by atoms with E-state index in [0.717, 1.165) is 32.0 Å². The lowest BCUT2D eigenvalue weighted by Crippen LogP contribution is -2.40. The maximum Gasteiger partial charge on any atom is 0.215 e. The van der Waals surface area contributed by atoms with Crippen molar-refractivity contribution in [3.8, 4) is 5.88 Å². The highest BCUT2D eigenvalue weighted by molar-refractivity contribution is 5.44. The molecule has 0 unspecified atom stereocenters. The topological polar surface area (TPSA) is 46.6 Å². The molecule has 1 aromatic heterocycles. The van der Waals surface area contributed by atoms with Crippen LogP contribution in [0.15, 0.2) is 18.3 Å². The van der Waals surface area contributed by atoms with Crippen molar-refractivity contribution >= 4 is 5.69 Å². The maximum atomic E-state index is 5.26. The SMILES string of the molecule is COc1cc(NN2CCOCC2)ccn1. The molecule has 0 bridgehead atoms. The molecule has 5 nitrogen and oxygen atoms in total. The molecule has 0 saturated carbocycles. The Hall–Kier alpha value is -1.33. The van der Waals surface area contributed by atoms with Crippen molar-refractivity contribution in [1.82, 2.24) is 9.99 Å². The minimum atomic E-state index is 0.619. The summed E-state index contributed by atoms with van der Waals surface area (Å²) >= 11 is 0. The number of nitrogens with zero attached hydrogens (tertiary/aromatic N) is 2. The van der Waals surface area contributed by atoms with Gasteiger partial charge in [-0.15, -0.1) is 0 Å². The summed E-state index contributed by atoms with van der Waals surface area (Å²) < 4.78 is 10.3. The number of ether oxygens (including phenoxy) is 2. The van der Waals surface area contributed by atoms with E-state index in [0.29, 0.717) is 5.88 Å². The van der Waals surface area contributed by atoms with Gasteiger partial charge in [0.05, 0.1) is 26.0 Å². The van der Waals surface area contributed by atoms with Crippen LogP contribution in [0.2, 0.25) is 0 Å². The Kier molecular flexibility index (Phi) is 3.37. The highest BCUT2D eigenvalue weighted by Gasteiger charge is 2.09. The molecule has 0 radical (unpaired) electrons. The molecule has 1 aliphatic heterocycles. The first-order valence-corrected chi connectivity index (χ1v) is 4.98. The van der Waals surface area contributed by atoms with Crippen LogP contribution in [0.3, 0.4) is 0 Å². The van der Waals surface area contributed by atoms with Crippen LogP contribution in [0.4, 0.5) is 5.69 Å². The van der Waals surface area contributed by atoms with Crippen molar-refractivity contribution in [1.29, 1.82) is 0 Å². The Morgan fingerprint density at radius 2 is 2.27 bits per heavy atom. The van der Waals surface area contributed by atoms with Crippen molar-refractivity contribution in [2.45, 2.75) is 0 Å². The Morgan fingerprint density at radius 1 is 1.47 bits per heavy atom. The fourth-order valence-electron chi connectivity index (χ4n) is 1.45. The van der Waals surface area contributed by atoms with E-state index in [1.54, 1.807) is 13.3 Å². The number of anilines is 1. The molecule has 5 heteroatoms. The number of hydrogen-bond donors (Lipinski definition) is 1. The number of morpholine rings is 1. The van der Waals surface area contributed by atoms with E-state index in [9.17, 15) is 0 Å². The van der Waals surface area contributed by atoms with Crippen LogP contribution in [-0.4, -0.2) is 43.4 Å². The predicted molar refractivity (Wildman–Crippen MR) is 56.8 cm³/mol. The quantitative estimate of drug-likeness (QED) is 0.796. The molecular formula is C10H15N3O2. The zero-order valence-corrected chi connectivity index (χ0v) is 8.77. The second-order valence-electron chi connectivity index (χ2n) is 3.30. The summed E-state index contributed by atoms with van der Waals surface area (Å²) in [6.45, 7) is 3.33. The molecule has 1 N–H and O–H groups in total. The van der Waals surface area contributed by atoms with Gasteiger partial charge in [-0.05, 0) is 6.07 Å². The third kappa shape index (κ3) is 2.81. The Morgan fingerprint density at radius 3 is 3.00 bits per heavy atom. The van der Waals surface area contributed by atoms with Crippen LogP contribution in [0, 0.1) is 0 Å². The van der Waals surface area contributed by atoms with Crippen molar-refractivity contribution in [3.63, 3.8) is 0 Å². The fraction of sp³-hybridized carbons (Fsp3) is 0.500. The van der Waals surface area contributed by atoms with Crippen LogP contribution in [0.5, 0.6) is 5.88 Å². The van der Waals surface area contributed by atoms with Crippen LogP contribution in [0.1, 0.15) is 0 Å². The Bertz CT molecular complexity index is 313. The van der Waals surface area contributed by atoms with Gasteiger partial charge < -0.3 is 14.9 Å². The molecule has 1 aromatic rings. The van der Waals surface area contributed by atoms with Gasteiger partial charge in [0.2, 0.25) is 5.88 Å². The van der Waals surface area contributed by atoms with Crippen molar-refractivity contribution < 1.29 is 9.47 Å². The second-order valence-corrected chi connectivity index (χ2v) is 3.30. The van der Waals surface area contributed by atoms with Crippen molar-refractivity contribution in [3.05, 3.63) is 18.3 Å².